The lowest BCUT2D eigenvalue weighted by molar-refractivity contribution is -0.384. The minimum absolute atomic E-state index is 0.0357. The molecule has 1 heterocycles. The minimum Gasteiger partial charge on any atom is -0.490 e. The monoisotopic (exact) mass is 555 g/mol. The molecule has 11 heteroatoms. The molecule has 38 heavy (non-hydrogen) atoms. The van der Waals surface area contributed by atoms with Crippen LogP contribution in [0, 0.1) is 15.9 Å². The molecule has 0 radical (unpaired) electrons. The van der Waals surface area contributed by atoms with Crippen LogP contribution in [0.5, 0.6) is 11.5 Å². The fourth-order valence-corrected chi connectivity index (χ4v) is 4.97. The van der Waals surface area contributed by atoms with E-state index in [1.165, 1.54) is 36.0 Å². The lowest BCUT2D eigenvalue weighted by Gasteiger charge is -2.15. The maximum Gasteiger partial charge on any atom is 0.269 e. The molecule has 1 aliphatic rings. The van der Waals surface area contributed by atoms with E-state index in [1.54, 1.807) is 47.4 Å². The number of hydrogen-bond acceptors (Lipinski definition) is 7. The first kappa shape index (κ1) is 27.2. The van der Waals surface area contributed by atoms with Gasteiger partial charge in [0.1, 0.15) is 12.4 Å². The Balaban J connectivity index is 1.60. The molecule has 3 aromatic rings. The average Bonchev–Trinajstić information content (AvgIpc) is 3.18. The third-order valence-electron chi connectivity index (χ3n) is 5.39. The zero-order valence-corrected chi connectivity index (χ0v) is 22.1. The second-order valence-electron chi connectivity index (χ2n) is 8.01. The van der Waals surface area contributed by atoms with Gasteiger partial charge in [-0.2, -0.15) is 0 Å². The van der Waals surface area contributed by atoms with E-state index in [-0.39, 0.29) is 29.0 Å². The Morgan fingerprint density at radius 1 is 1.13 bits per heavy atom. The van der Waals surface area contributed by atoms with Gasteiger partial charge < -0.3 is 9.47 Å². The van der Waals surface area contributed by atoms with Crippen LogP contribution in [-0.2, 0) is 11.4 Å². The number of amidine groups is 1. The summed E-state index contributed by atoms with van der Waals surface area (Å²) >= 11 is 7.76. The van der Waals surface area contributed by atoms with Crippen molar-refractivity contribution in [3.05, 3.63) is 97.6 Å². The standard InChI is InChI=1S/C27H23ClFN3O5S/c1-3-31-26(33)24(38-27(31)30-20-10-8-19(29)9-11-20)15-18-13-22(28)25(23(14-18)36-4-2)37-16-17-6-5-7-21(12-17)32(34)35/h5-15H,3-4,16H2,1-2H3/b24-15+,30-27?. The van der Waals surface area contributed by atoms with Crippen LogP contribution in [0.2, 0.25) is 5.02 Å². The van der Waals surface area contributed by atoms with E-state index in [4.69, 9.17) is 21.1 Å². The number of rotatable bonds is 9. The van der Waals surface area contributed by atoms with Crippen molar-refractivity contribution in [3.63, 3.8) is 0 Å². The highest BCUT2D eigenvalue weighted by atomic mass is 35.5. The lowest BCUT2D eigenvalue weighted by Crippen LogP contribution is -2.28. The fourth-order valence-electron chi connectivity index (χ4n) is 3.64. The number of halogens is 2. The molecule has 1 saturated heterocycles. The number of nitro groups is 1. The van der Waals surface area contributed by atoms with Crippen molar-refractivity contribution in [2.24, 2.45) is 4.99 Å². The first-order valence-corrected chi connectivity index (χ1v) is 12.9. The number of aliphatic imine (C=N–C) groups is 1. The molecule has 196 valence electrons. The third-order valence-corrected chi connectivity index (χ3v) is 6.68. The second-order valence-corrected chi connectivity index (χ2v) is 9.43. The smallest absolute Gasteiger partial charge is 0.269 e. The van der Waals surface area contributed by atoms with E-state index in [2.05, 4.69) is 4.99 Å². The van der Waals surface area contributed by atoms with Crippen molar-refractivity contribution in [1.82, 2.24) is 4.90 Å². The molecule has 1 aliphatic heterocycles. The molecule has 0 atom stereocenters. The number of carbonyl (C=O) groups is 1. The Hall–Kier alpha value is -3.89. The molecule has 4 rings (SSSR count). The molecule has 0 aliphatic carbocycles. The summed E-state index contributed by atoms with van der Waals surface area (Å²) in [5.74, 6) is 0.0940. The number of nitrogens with zero attached hydrogens (tertiary/aromatic N) is 3. The van der Waals surface area contributed by atoms with Crippen molar-refractivity contribution in [3.8, 4) is 11.5 Å². The maximum absolute atomic E-state index is 13.3. The molecule has 0 spiro atoms. The number of thioether (sulfide) groups is 1. The first-order chi connectivity index (χ1) is 18.3. The van der Waals surface area contributed by atoms with Crippen molar-refractivity contribution in [2.75, 3.05) is 13.2 Å². The number of non-ortho nitro benzene ring substituents is 1. The highest BCUT2D eigenvalue weighted by molar-refractivity contribution is 8.18. The van der Waals surface area contributed by atoms with Crippen LogP contribution in [0.1, 0.15) is 25.0 Å². The zero-order valence-electron chi connectivity index (χ0n) is 20.5. The van der Waals surface area contributed by atoms with Gasteiger partial charge in [0.15, 0.2) is 16.7 Å². The van der Waals surface area contributed by atoms with E-state index >= 15 is 0 Å². The summed E-state index contributed by atoms with van der Waals surface area (Å²) in [6.07, 6.45) is 1.70. The molecule has 0 bridgehead atoms. The quantitative estimate of drug-likeness (QED) is 0.160. The maximum atomic E-state index is 13.3. The highest BCUT2D eigenvalue weighted by Gasteiger charge is 2.32. The predicted octanol–water partition coefficient (Wildman–Crippen LogP) is 6.99. The lowest BCUT2D eigenvalue weighted by atomic mass is 10.1. The third kappa shape index (κ3) is 6.32. The normalized spacial score (nSPS) is 15.4. The number of ether oxygens (including phenoxy) is 2. The van der Waals surface area contributed by atoms with Crippen LogP contribution < -0.4 is 9.47 Å². The minimum atomic E-state index is -0.470. The number of hydrogen-bond donors (Lipinski definition) is 0. The zero-order chi connectivity index (χ0) is 27.2. The van der Waals surface area contributed by atoms with E-state index in [1.807, 2.05) is 13.8 Å². The Morgan fingerprint density at radius 3 is 2.58 bits per heavy atom. The van der Waals surface area contributed by atoms with E-state index in [0.29, 0.717) is 51.5 Å². The number of amides is 1. The topological polar surface area (TPSA) is 94.3 Å². The average molecular weight is 556 g/mol. The molecule has 0 aromatic heterocycles. The summed E-state index contributed by atoms with van der Waals surface area (Å²) in [7, 11) is 0. The Labute approximate surface area is 227 Å². The fraction of sp³-hybridized carbons (Fsp3) is 0.185. The summed E-state index contributed by atoms with van der Waals surface area (Å²) < 4.78 is 24.9. The van der Waals surface area contributed by atoms with Gasteiger partial charge in [-0.3, -0.25) is 19.8 Å². The Morgan fingerprint density at radius 2 is 1.89 bits per heavy atom. The molecular weight excluding hydrogens is 533 g/mol. The van der Waals surface area contributed by atoms with Gasteiger partial charge in [0.2, 0.25) is 0 Å². The van der Waals surface area contributed by atoms with Crippen molar-refractivity contribution >= 4 is 51.9 Å². The molecule has 3 aromatic carbocycles. The summed E-state index contributed by atoms with van der Waals surface area (Å²) in [6.45, 7) is 4.47. The van der Waals surface area contributed by atoms with E-state index < -0.39 is 4.92 Å². The molecule has 0 N–H and O–H groups in total. The second kappa shape index (κ2) is 12.1. The van der Waals surface area contributed by atoms with Gasteiger partial charge in [-0.15, -0.1) is 0 Å². The van der Waals surface area contributed by atoms with Gasteiger partial charge in [0.05, 0.1) is 27.1 Å². The van der Waals surface area contributed by atoms with Crippen LogP contribution in [0.4, 0.5) is 15.8 Å². The molecule has 0 unspecified atom stereocenters. The van der Waals surface area contributed by atoms with Crippen LogP contribution in [-0.4, -0.2) is 34.0 Å². The first-order valence-electron chi connectivity index (χ1n) is 11.7. The number of nitro benzene ring substituents is 1. The largest absolute Gasteiger partial charge is 0.490 e. The van der Waals surface area contributed by atoms with Crippen molar-refractivity contribution in [2.45, 2.75) is 20.5 Å². The van der Waals surface area contributed by atoms with Gasteiger partial charge in [-0.1, -0.05) is 23.7 Å². The van der Waals surface area contributed by atoms with Gasteiger partial charge in [0.25, 0.3) is 11.6 Å². The SMILES string of the molecule is CCOc1cc(/C=C2/SC(=Nc3ccc(F)cc3)N(CC)C2=O)cc(Cl)c1OCc1cccc([N+](=O)[O-])c1. The van der Waals surface area contributed by atoms with Gasteiger partial charge in [0, 0.05) is 18.7 Å². The van der Waals surface area contributed by atoms with Gasteiger partial charge in [-0.05, 0) is 79.2 Å². The Kier molecular flexibility index (Phi) is 8.65. The van der Waals surface area contributed by atoms with Crippen LogP contribution >= 0.6 is 23.4 Å². The Bertz CT molecular complexity index is 1430. The van der Waals surface area contributed by atoms with Crippen LogP contribution in [0.25, 0.3) is 6.08 Å². The molecule has 0 saturated carbocycles. The van der Waals surface area contributed by atoms with Crippen molar-refractivity contribution < 1.29 is 23.6 Å². The van der Waals surface area contributed by atoms with Crippen LogP contribution in [0.15, 0.2) is 70.6 Å². The summed E-state index contributed by atoms with van der Waals surface area (Å²) in [5.41, 5.74) is 1.72. The highest BCUT2D eigenvalue weighted by Crippen LogP contribution is 2.40. The van der Waals surface area contributed by atoms with Gasteiger partial charge in [-0.25, -0.2) is 9.38 Å². The number of likely N-dealkylation sites (N-methyl/N-ethyl adjacent to an activating group) is 1. The molecule has 1 amide bonds. The van der Waals surface area contributed by atoms with Crippen molar-refractivity contribution in [1.29, 1.82) is 0 Å². The molecule has 8 nitrogen and oxygen atoms in total. The van der Waals surface area contributed by atoms with E-state index in [9.17, 15) is 19.3 Å². The molecule has 1 fully saturated rings. The summed E-state index contributed by atoms with van der Waals surface area (Å²) in [4.78, 5) is 30.1. The van der Waals surface area contributed by atoms with Crippen LogP contribution in [0.3, 0.4) is 0 Å². The summed E-state index contributed by atoms with van der Waals surface area (Å²) in [6, 6.07) is 15.2. The number of carbonyl (C=O) groups excluding carboxylic acids is 1. The predicted molar refractivity (Wildman–Crippen MR) is 146 cm³/mol. The molecular formula is C27H23ClFN3O5S. The van der Waals surface area contributed by atoms with E-state index in [0.717, 1.165) is 0 Å². The summed E-state index contributed by atoms with van der Waals surface area (Å²) in [5, 5.41) is 11.8. The van der Waals surface area contributed by atoms with Gasteiger partial charge >= 0.3 is 0 Å². The number of benzene rings is 3.